The van der Waals surface area contributed by atoms with Gasteiger partial charge in [0, 0.05) is 0 Å². The van der Waals surface area contributed by atoms with E-state index in [0.29, 0.717) is 18.3 Å². The lowest BCUT2D eigenvalue weighted by Crippen LogP contribution is -2.17. The number of carbonyl (C=O) groups excluding carboxylic acids is 1. The van der Waals surface area contributed by atoms with Gasteiger partial charge in [-0.05, 0) is 25.7 Å². The first-order chi connectivity index (χ1) is 13.1. The van der Waals surface area contributed by atoms with Crippen LogP contribution < -0.4 is 10.1 Å². The van der Waals surface area contributed by atoms with Crippen molar-refractivity contribution in [2.45, 2.75) is 32.6 Å². The highest BCUT2D eigenvalue weighted by atomic mass is 16.5. The number of aliphatic hydroxyl groups excluding tert-OH is 1. The van der Waals surface area contributed by atoms with Gasteiger partial charge in [-0.25, -0.2) is 9.97 Å². The van der Waals surface area contributed by atoms with E-state index in [1.54, 1.807) is 13.0 Å². The average molecular weight is 369 g/mol. The third-order valence-electron chi connectivity index (χ3n) is 4.40. The Bertz CT molecular complexity index is 876. The summed E-state index contributed by atoms with van der Waals surface area (Å²) < 4.78 is 10.5. The van der Waals surface area contributed by atoms with Crippen molar-refractivity contribution in [3.05, 3.63) is 35.5 Å². The van der Waals surface area contributed by atoms with Crippen LogP contribution in [0, 0.1) is 24.2 Å². The number of hydrogen-bond acceptors (Lipinski definition) is 8. The summed E-state index contributed by atoms with van der Waals surface area (Å²) in [6, 6.07) is 1.67. The maximum atomic E-state index is 12.3. The molecule has 2 aromatic heterocycles. The maximum Gasteiger partial charge on any atom is 0.272 e. The normalized spacial score (nSPS) is 15.1. The summed E-state index contributed by atoms with van der Waals surface area (Å²) in [5.74, 6) is -0.000185. The van der Waals surface area contributed by atoms with E-state index in [-0.39, 0.29) is 17.3 Å². The van der Waals surface area contributed by atoms with Gasteiger partial charge in [0.2, 0.25) is 5.95 Å². The van der Waals surface area contributed by atoms with Gasteiger partial charge in [-0.15, -0.1) is 0 Å². The predicted octanol–water partition coefficient (Wildman–Crippen LogP) is 2.77. The predicted molar refractivity (Wildman–Crippen MR) is 94.5 cm³/mol. The number of nitrogens with one attached hydrogen (secondary N) is 1. The second-order valence-electron chi connectivity index (χ2n) is 6.29. The molecule has 1 aliphatic rings. The standard InChI is InChI=1S/C18H19N5O4/c1-11-15(9-22-27-11)16(24)14(6-19)17(25)23-18-20-7-13(8-21-18)26-10-12-4-2-3-5-12/h7-9,12,24H,2-5,10H2,1H3,(H,20,21,23,25)/b16-14-. The van der Waals surface area contributed by atoms with Crippen LogP contribution in [0.4, 0.5) is 5.95 Å². The zero-order valence-electron chi connectivity index (χ0n) is 14.8. The lowest BCUT2D eigenvalue weighted by atomic mass is 10.1. The van der Waals surface area contributed by atoms with E-state index in [2.05, 4.69) is 20.4 Å². The Morgan fingerprint density at radius 3 is 2.67 bits per heavy atom. The largest absolute Gasteiger partial charge is 0.506 e. The Kier molecular flexibility index (Phi) is 5.66. The zero-order valence-corrected chi connectivity index (χ0v) is 14.8. The SMILES string of the molecule is Cc1oncc1/C(O)=C(\C#N)C(=O)Nc1ncc(OCC2CCCC2)cn1. The van der Waals surface area contributed by atoms with Crippen molar-refractivity contribution in [1.82, 2.24) is 15.1 Å². The van der Waals surface area contributed by atoms with E-state index in [9.17, 15) is 15.2 Å². The smallest absolute Gasteiger partial charge is 0.272 e. The van der Waals surface area contributed by atoms with Gasteiger partial charge >= 0.3 is 0 Å². The number of amides is 1. The summed E-state index contributed by atoms with van der Waals surface area (Å²) in [7, 11) is 0. The molecule has 2 heterocycles. The van der Waals surface area contributed by atoms with Gasteiger partial charge in [0.25, 0.3) is 5.91 Å². The average Bonchev–Trinajstić information content (AvgIpc) is 3.33. The summed E-state index contributed by atoms with van der Waals surface area (Å²) in [5, 5.41) is 25.2. The number of nitriles is 1. The highest BCUT2D eigenvalue weighted by molar-refractivity contribution is 6.10. The van der Waals surface area contributed by atoms with Crippen LogP contribution in [0.5, 0.6) is 5.75 Å². The number of rotatable bonds is 6. The van der Waals surface area contributed by atoms with Crippen molar-refractivity contribution in [3.63, 3.8) is 0 Å². The molecule has 1 aliphatic carbocycles. The summed E-state index contributed by atoms with van der Waals surface area (Å²) in [6.07, 6.45) is 8.97. The van der Waals surface area contributed by atoms with Gasteiger partial charge < -0.3 is 14.4 Å². The van der Waals surface area contributed by atoms with Crippen molar-refractivity contribution in [2.24, 2.45) is 5.92 Å². The molecule has 9 nitrogen and oxygen atoms in total. The van der Waals surface area contributed by atoms with Gasteiger partial charge in [0.1, 0.15) is 11.8 Å². The van der Waals surface area contributed by atoms with Gasteiger partial charge in [-0.1, -0.05) is 18.0 Å². The van der Waals surface area contributed by atoms with E-state index < -0.39 is 17.2 Å². The van der Waals surface area contributed by atoms with Crippen LogP contribution in [0.15, 0.2) is 28.7 Å². The van der Waals surface area contributed by atoms with Crippen molar-refractivity contribution < 1.29 is 19.2 Å². The minimum absolute atomic E-state index is 0.00388. The molecular weight excluding hydrogens is 350 g/mol. The van der Waals surface area contributed by atoms with Gasteiger partial charge in [-0.3, -0.25) is 10.1 Å². The van der Waals surface area contributed by atoms with Crippen LogP contribution >= 0.6 is 0 Å². The number of anilines is 1. The Hall–Kier alpha value is -3.41. The number of aryl methyl sites for hydroxylation is 1. The van der Waals surface area contributed by atoms with Gasteiger partial charge in [-0.2, -0.15) is 5.26 Å². The molecule has 0 saturated heterocycles. The van der Waals surface area contributed by atoms with E-state index >= 15 is 0 Å². The van der Waals surface area contributed by atoms with E-state index in [1.165, 1.54) is 44.3 Å². The van der Waals surface area contributed by atoms with Crippen LogP contribution in [0.1, 0.15) is 37.0 Å². The molecule has 0 unspecified atom stereocenters. The topological polar surface area (TPSA) is 134 Å². The van der Waals surface area contributed by atoms with Crippen LogP contribution in [-0.2, 0) is 4.79 Å². The molecule has 2 N–H and O–H groups in total. The van der Waals surface area contributed by atoms with E-state index in [0.717, 1.165) is 0 Å². The lowest BCUT2D eigenvalue weighted by molar-refractivity contribution is -0.112. The monoisotopic (exact) mass is 369 g/mol. The highest BCUT2D eigenvalue weighted by Gasteiger charge is 2.21. The molecule has 1 fully saturated rings. The van der Waals surface area contributed by atoms with Crippen LogP contribution in [0.3, 0.4) is 0 Å². The number of hydrogen-bond donors (Lipinski definition) is 2. The Morgan fingerprint density at radius 2 is 2.07 bits per heavy atom. The first-order valence-corrected chi connectivity index (χ1v) is 8.59. The first kappa shape index (κ1) is 18.4. The summed E-state index contributed by atoms with van der Waals surface area (Å²) in [4.78, 5) is 20.3. The minimum Gasteiger partial charge on any atom is -0.506 e. The number of carbonyl (C=O) groups is 1. The van der Waals surface area contributed by atoms with Crippen molar-refractivity contribution in [1.29, 1.82) is 5.26 Å². The molecule has 2 aromatic rings. The van der Waals surface area contributed by atoms with Crippen LogP contribution in [0.2, 0.25) is 0 Å². The molecule has 0 bridgehead atoms. The number of aliphatic hydroxyl groups is 1. The molecule has 0 aromatic carbocycles. The zero-order chi connectivity index (χ0) is 19.2. The minimum atomic E-state index is -0.838. The number of nitrogens with zero attached hydrogens (tertiary/aromatic N) is 4. The Morgan fingerprint density at radius 1 is 1.37 bits per heavy atom. The second-order valence-corrected chi connectivity index (χ2v) is 6.29. The number of aromatic nitrogens is 3. The third kappa shape index (κ3) is 4.41. The molecule has 140 valence electrons. The molecule has 9 heteroatoms. The first-order valence-electron chi connectivity index (χ1n) is 8.59. The number of ether oxygens (including phenoxy) is 1. The molecule has 1 saturated carbocycles. The maximum absolute atomic E-state index is 12.3. The molecule has 0 atom stereocenters. The fourth-order valence-electron chi connectivity index (χ4n) is 2.88. The molecule has 0 radical (unpaired) electrons. The Balaban J connectivity index is 1.64. The highest BCUT2D eigenvalue weighted by Crippen LogP contribution is 2.25. The Labute approximate surface area is 155 Å². The lowest BCUT2D eigenvalue weighted by Gasteiger charge is -2.11. The summed E-state index contributed by atoms with van der Waals surface area (Å²) in [5.41, 5.74) is -0.329. The quantitative estimate of drug-likeness (QED) is 0.451. The van der Waals surface area contributed by atoms with E-state index in [4.69, 9.17) is 9.26 Å². The van der Waals surface area contributed by atoms with Crippen LogP contribution in [0.25, 0.3) is 5.76 Å². The third-order valence-corrected chi connectivity index (χ3v) is 4.40. The fraction of sp³-hybridized carbons (Fsp3) is 0.389. The van der Waals surface area contributed by atoms with Crippen molar-refractivity contribution in [3.8, 4) is 11.8 Å². The van der Waals surface area contributed by atoms with Crippen LogP contribution in [-0.4, -0.2) is 32.7 Å². The molecular formula is C18H19N5O4. The molecule has 3 rings (SSSR count). The summed E-state index contributed by atoms with van der Waals surface area (Å²) in [6.45, 7) is 2.18. The molecule has 0 spiro atoms. The fourth-order valence-corrected chi connectivity index (χ4v) is 2.88. The van der Waals surface area contributed by atoms with Gasteiger partial charge in [0.15, 0.2) is 17.1 Å². The van der Waals surface area contributed by atoms with E-state index in [1.807, 2.05) is 0 Å². The van der Waals surface area contributed by atoms with Crippen molar-refractivity contribution in [2.75, 3.05) is 11.9 Å². The summed E-state index contributed by atoms with van der Waals surface area (Å²) >= 11 is 0. The molecule has 1 amide bonds. The molecule has 27 heavy (non-hydrogen) atoms. The second kappa shape index (κ2) is 8.31. The van der Waals surface area contributed by atoms with Gasteiger partial charge in [0.05, 0.1) is 30.8 Å². The van der Waals surface area contributed by atoms with Crippen molar-refractivity contribution >= 4 is 17.6 Å². The molecule has 0 aliphatic heterocycles.